The number of hydrogen-bond donors (Lipinski definition) is 3. The maximum atomic E-state index is 14.0. The lowest BCUT2D eigenvalue weighted by Gasteiger charge is -2.35. The van der Waals surface area contributed by atoms with Crippen LogP contribution in [0.2, 0.25) is 5.02 Å². The molecule has 0 atom stereocenters. The zero-order chi connectivity index (χ0) is 20.5. The van der Waals surface area contributed by atoms with E-state index in [9.17, 15) is 22.0 Å². The van der Waals surface area contributed by atoms with Gasteiger partial charge in [-0.2, -0.15) is 0 Å². The van der Waals surface area contributed by atoms with Crippen molar-refractivity contribution < 1.29 is 31.7 Å². The van der Waals surface area contributed by atoms with Gasteiger partial charge in [0.05, 0.1) is 27.8 Å². The smallest absolute Gasteiger partial charge is 0.263 e. The summed E-state index contributed by atoms with van der Waals surface area (Å²) in [5, 5.41) is 15.3. The van der Waals surface area contributed by atoms with Gasteiger partial charge in [0, 0.05) is 12.6 Å². The Balaban J connectivity index is 1.77. The molecule has 1 aliphatic rings. The minimum absolute atomic E-state index is 0.0331. The molecule has 2 heterocycles. The maximum absolute atomic E-state index is 14.0. The van der Waals surface area contributed by atoms with Crippen LogP contribution in [0.15, 0.2) is 22.7 Å². The lowest BCUT2D eigenvalue weighted by atomic mass is 9.91. The van der Waals surface area contributed by atoms with Crippen LogP contribution in [0.5, 0.6) is 0 Å². The molecule has 1 aromatic heterocycles. The first-order valence-corrected chi connectivity index (χ1v) is 10.4. The zero-order valence-corrected chi connectivity index (χ0v) is 15.9. The minimum Gasteiger partial charge on any atom is -0.356 e. The molecule has 3 N–H and O–H groups in total. The Kier molecular flexibility index (Phi) is 5.71. The summed E-state index contributed by atoms with van der Waals surface area (Å²) in [7, 11) is -3.25. The number of hydrogen-bond acceptors (Lipinski definition) is 7. The fourth-order valence-electron chi connectivity index (χ4n) is 2.98. The highest BCUT2D eigenvalue weighted by Gasteiger charge is 2.43. The van der Waals surface area contributed by atoms with E-state index in [1.807, 2.05) is 0 Å². The number of sulfone groups is 1. The fraction of sp³-hybridized carbons (Fsp3) is 0.375. The average Bonchev–Trinajstić information content (AvgIpc) is 3.14. The van der Waals surface area contributed by atoms with Gasteiger partial charge in [-0.05, 0) is 25.0 Å². The number of carbonyl (C=O) groups excluding carboxylic acids is 1. The molecule has 28 heavy (non-hydrogen) atoms. The van der Waals surface area contributed by atoms with Crippen molar-refractivity contribution in [3.05, 3.63) is 40.6 Å². The monoisotopic (exact) mass is 435 g/mol. The van der Waals surface area contributed by atoms with E-state index in [1.54, 1.807) is 5.48 Å². The largest absolute Gasteiger partial charge is 0.356 e. The van der Waals surface area contributed by atoms with Gasteiger partial charge in [0.2, 0.25) is 0 Å². The van der Waals surface area contributed by atoms with Crippen LogP contribution in [0.25, 0.3) is 11.3 Å². The molecule has 0 unspecified atom stereocenters. The van der Waals surface area contributed by atoms with Crippen LogP contribution in [0.1, 0.15) is 18.5 Å². The molecule has 1 saturated heterocycles. The van der Waals surface area contributed by atoms with E-state index in [0.717, 1.165) is 0 Å². The second-order valence-corrected chi connectivity index (χ2v) is 9.14. The molecule has 1 aromatic carbocycles. The molecule has 2 aromatic rings. The number of amides is 1. The predicted molar refractivity (Wildman–Crippen MR) is 94.3 cm³/mol. The molecule has 0 radical (unpaired) electrons. The van der Waals surface area contributed by atoms with E-state index in [4.69, 9.17) is 21.3 Å². The third-order valence-corrected chi connectivity index (χ3v) is 6.63. The van der Waals surface area contributed by atoms with Gasteiger partial charge in [0.15, 0.2) is 17.4 Å². The van der Waals surface area contributed by atoms with Gasteiger partial charge in [-0.15, -0.1) is 0 Å². The zero-order valence-electron chi connectivity index (χ0n) is 14.3. The third-order valence-electron chi connectivity index (χ3n) is 4.68. The van der Waals surface area contributed by atoms with Crippen LogP contribution in [0.3, 0.4) is 0 Å². The Bertz CT molecular complexity index is 998. The fourth-order valence-corrected chi connectivity index (χ4v) is 4.64. The van der Waals surface area contributed by atoms with Crippen molar-refractivity contribution in [2.75, 3.05) is 11.5 Å². The molecule has 12 heteroatoms. The number of aromatic nitrogens is 1. The summed E-state index contributed by atoms with van der Waals surface area (Å²) in [6, 6.07) is 3.77. The van der Waals surface area contributed by atoms with Crippen molar-refractivity contribution >= 4 is 27.3 Å². The molecule has 1 amide bonds. The first-order valence-electron chi connectivity index (χ1n) is 8.17. The number of rotatable bonds is 5. The lowest BCUT2D eigenvalue weighted by Crippen LogP contribution is -2.59. The van der Waals surface area contributed by atoms with Crippen LogP contribution in [0, 0.1) is 11.6 Å². The van der Waals surface area contributed by atoms with E-state index < -0.39 is 32.9 Å². The van der Waals surface area contributed by atoms with Crippen LogP contribution >= 0.6 is 11.6 Å². The van der Waals surface area contributed by atoms with Crippen molar-refractivity contribution in [3.8, 4) is 11.3 Å². The first-order chi connectivity index (χ1) is 13.2. The standard InChI is InChI=1S/C16H16ClF2N3O5S/c17-11-2-1-10(13(18)14(11)19)12-7-9(22-27-12)8-20-16(15(23)21-24)3-5-28(25,26)6-4-16/h1-2,7,20,24H,3-6,8H2,(H,21,23). The number of hydroxylamine groups is 1. The molecule has 1 fully saturated rings. The van der Waals surface area contributed by atoms with E-state index in [1.165, 1.54) is 18.2 Å². The highest BCUT2D eigenvalue weighted by Crippen LogP contribution is 2.29. The normalized spacial score (nSPS) is 18.0. The Morgan fingerprint density at radius 1 is 1.29 bits per heavy atom. The molecule has 0 spiro atoms. The third kappa shape index (κ3) is 4.02. The van der Waals surface area contributed by atoms with Crippen LogP contribution in [-0.4, -0.2) is 41.7 Å². The van der Waals surface area contributed by atoms with Gasteiger partial charge in [-0.1, -0.05) is 16.8 Å². The van der Waals surface area contributed by atoms with Crippen LogP contribution in [0.4, 0.5) is 8.78 Å². The Morgan fingerprint density at radius 2 is 1.96 bits per heavy atom. The quantitative estimate of drug-likeness (QED) is 0.372. The molecule has 152 valence electrons. The van der Waals surface area contributed by atoms with Crippen molar-refractivity contribution in [1.29, 1.82) is 0 Å². The van der Waals surface area contributed by atoms with E-state index >= 15 is 0 Å². The summed E-state index contributed by atoms with van der Waals surface area (Å²) < 4.78 is 56.0. The highest BCUT2D eigenvalue weighted by atomic mass is 35.5. The molecular formula is C16H16ClF2N3O5S. The summed E-state index contributed by atoms with van der Waals surface area (Å²) in [4.78, 5) is 12.1. The molecule has 8 nitrogen and oxygen atoms in total. The Hall–Kier alpha value is -2.08. The molecule has 0 bridgehead atoms. The first kappa shape index (κ1) is 20.6. The highest BCUT2D eigenvalue weighted by molar-refractivity contribution is 7.91. The summed E-state index contributed by atoms with van der Waals surface area (Å²) >= 11 is 5.52. The maximum Gasteiger partial charge on any atom is 0.263 e. The topological polar surface area (TPSA) is 122 Å². The molecule has 3 rings (SSSR count). The minimum atomic E-state index is -3.25. The molecule has 0 aliphatic carbocycles. The molecule has 0 saturated carbocycles. The van der Waals surface area contributed by atoms with Gasteiger partial charge in [0.25, 0.3) is 5.91 Å². The Morgan fingerprint density at radius 3 is 2.61 bits per heavy atom. The second-order valence-electron chi connectivity index (χ2n) is 6.43. The van der Waals surface area contributed by atoms with E-state index in [-0.39, 0.29) is 52.9 Å². The lowest BCUT2D eigenvalue weighted by molar-refractivity contribution is -0.136. The molecule has 1 aliphatic heterocycles. The number of carbonyl (C=O) groups is 1. The van der Waals surface area contributed by atoms with Crippen molar-refractivity contribution in [2.45, 2.75) is 24.9 Å². The summed E-state index contributed by atoms with van der Waals surface area (Å²) in [5.41, 5.74) is 0.330. The van der Waals surface area contributed by atoms with Crippen molar-refractivity contribution in [3.63, 3.8) is 0 Å². The van der Waals surface area contributed by atoms with Crippen molar-refractivity contribution in [1.82, 2.24) is 16.0 Å². The van der Waals surface area contributed by atoms with E-state index in [0.29, 0.717) is 0 Å². The van der Waals surface area contributed by atoms with Gasteiger partial charge >= 0.3 is 0 Å². The van der Waals surface area contributed by atoms with Crippen molar-refractivity contribution in [2.24, 2.45) is 0 Å². The number of nitrogens with one attached hydrogen (secondary N) is 2. The average molecular weight is 436 g/mol. The summed E-state index contributed by atoms with van der Waals surface area (Å²) in [6.07, 6.45) is -0.0765. The van der Waals surface area contributed by atoms with Crippen LogP contribution in [-0.2, 0) is 21.2 Å². The molecular weight excluding hydrogens is 420 g/mol. The summed E-state index contributed by atoms with van der Waals surface area (Å²) in [5.74, 6) is -3.64. The van der Waals surface area contributed by atoms with Gasteiger partial charge in [0.1, 0.15) is 15.4 Å². The number of nitrogens with zero attached hydrogens (tertiary/aromatic N) is 1. The number of benzene rings is 1. The summed E-state index contributed by atoms with van der Waals surface area (Å²) in [6.45, 7) is -0.0331. The van der Waals surface area contributed by atoms with E-state index in [2.05, 4.69) is 10.5 Å². The van der Waals surface area contributed by atoms with Gasteiger partial charge in [-0.25, -0.2) is 22.7 Å². The Labute approximate surface area is 163 Å². The SMILES string of the molecule is O=C(NO)C1(NCc2cc(-c3ccc(Cl)c(F)c3F)on2)CCS(=O)(=O)CC1. The predicted octanol–water partition coefficient (Wildman–Crippen LogP) is 1.82. The van der Waals surface area contributed by atoms with Gasteiger partial charge < -0.3 is 4.52 Å². The number of halogens is 3. The van der Waals surface area contributed by atoms with Gasteiger partial charge in [-0.3, -0.25) is 15.3 Å². The van der Waals surface area contributed by atoms with Crippen LogP contribution < -0.4 is 10.8 Å². The second kappa shape index (κ2) is 7.74.